The lowest BCUT2D eigenvalue weighted by atomic mass is 10.1. The number of hydrogen-bond acceptors (Lipinski definition) is 4. The molecule has 1 heterocycles. The first-order chi connectivity index (χ1) is 9.79. The minimum absolute atomic E-state index is 0.672. The van der Waals surface area contributed by atoms with Gasteiger partial charge >= 0.3 is 0 Å². The summed E-state index contributed by atoms with van der Waals surface area (Å²) in [5, 5.41) is 4.36. The molecule has 4 nitrogen and oxygen atoms in total. The average molecular weight is 265 g/mol. The van der Waals surface area contributed by atoms with E-state index in [1.54, 1.807) is 13.3 Å². The minimum Gasteiger partial charge on any atom is -0.495 e. The van der Waals surface area contributed by atoms with Gasteiger partial charge in [-0.25, -0.2) is 0 Å². The van der Waals surface area contributed by atoms with Crippen LogP contribution in [0.25, 0.3) is 10.9 Å². The summed E-state index contributed by atoms with van der Waals surface area (Å²) in [5.41, 5.74) is 9.29. The van der Waals surface area contributed by atoms with Crippen molar-refractivity contribution in [1.29, 1.82) is 0 Å². The van der Waals surface area contributed by atoms with E-state index in [4.69, 9.17) is 10.5 Å². The fourth-order valence-electron chi connectivity index (χ4n) is 2.20. The Morgan fingerprint density at radius 1 is 1.00 bits per heavy atom. The molecule has 3 aromatic rings. The molecule has 0 bridgehead atoms. The summed E-state index contributed by atoms with van der Waals surface area (Å²) in [6.45, 7) is 0. The molecule has 0 aliphatic rings. The van der Waals surface area contributed by atoms with Crippen LogP contribution in [0.15, 0.2) is 54.7 Å². The Kier molecular flexibility index (Phi) is 3.13. The molecule has 3 N–H and O–H groups in total. The maximum atomic E-state index is 5.96. The number of methoxy groups -OCH3 is 1. The molecule has 0 aliphatic heterocycles. The van der Waals surface area contributed by atoms with Crippen LogP contribution in [0.5, 0.6) is 5.75 Å². The number of anilines is 3. The quantitative estimate of drug-likeness (QED) is 0.711. The lowest BCUT2D eigenvalue weighted by molar-refractivity contribution is 0.417. The van der Waals surface area contributed by atoms with Crippen molar-refractivity contribution >= 4 is 28.0 Å². The van der Waals surface area contributed by atoms with Crippen LogP contribution in [0.2, 0.25) is 0 Å². The average Bonchev–Trinajstić information content (AvgIpc) is 2.51. The number of nitrogens with zero attached hydrogens (tertiary/aromatic N) is 1. The third kappa shape index (κ3) is 2.12. The van der Waals surface area contributed by atoms with E-state index < -0.39 is 0 Å². The van der Waals surface area contributed by atoms with Crippen molar-refractivity contribution in [2.24, 2.45) is 0 Å². The van der Waals surface area contributed by atoms with E-state index in [2.05, 4.69) is 10.3 Å². The maximum absolute atomic E-state index is 5.96. The number of hydrogen-bond donors (Lipinski definition) is 2. The molecule has 0 fully saturated rings. The third-order valence-electron chi connectivity index (χ3n) is 3.18. The number of nitrogens with one attached hydrogen (secondary N) is 1. The third-order valence-corrected chi connectivity index (χ3v) is 3.18. The molecular weight excluding hydrogens is 250 g/mol. The van der Waals surface area contributed by atoms with Gasteiger partial charge in [-0.1, -0.05) is 12.1 Å². The standard InChI is InChI=1S/C16H15N3O/c1-20-15-7-3-2-6-14(15)19-13-9-8-12(17)16-11(13)5-4-10-18-16/h2-10,19H,17H2,1H3. The molecule has 2 aromatic carbocycles. The zero-order valence-electron chi connectivity index (χ0n) is 11.1. The van der Waals surface area contributed by atoms with Crippen LogP contribution >= 0.6 is 0 Å². The van der Waals surface area contributed by atoms with Gasteiger partial charge in [0.05, 0.1) is 24.0 Å². The van der Waals surface area contributed by atoms with Crippen LogP contribution in [-0.4, -0.2) is 12.1 Å². The topological polar surface area (TPSA) is 60.2 Å². The molecule has 0 saturated heterocycles. The van der Waals surface area contributed by atoms with Gasteiger partial charge in [0.15, 0.2) is 0 Å². The van der Waals surface area contributed by atoms with E-state index in [9.17, 15) is 0 Å². The van der Waals surface area contributed by atoms with E-state index in [0.717, 1.165) is 28.0 Å². The summed E-state index contributed by atoms with van der Waals surface area (Å²) in [6.07, 6.45) is 1.74. The summed E-state index contributed by atoms with van der Waals surface area (Å²) in [5.74, 6) is 0.793. The van der Waals surface area contributed by atoms with Gasteiger partial charge < -0.3 is 15.8 Å². The van der Waals surface area contributed by atoms with Gasteiger partial charge in [-0.15, -0.1) is 0 Å². The van der Waals surface area contributed by atoms with Gasteiger partial charge in [0.25, 0.3) is 0 Å². The number of fused-ring (bicyclic) bond motifs is 1. The molecule has 20 heavy (non-hydrogen) atoms. The number of rotatable bonds is 3. The molecule has 1 aromatic heterocycles. The number of para-hydroxylation sites is 2. The molecule has 0 saturated carbocycles. The number of ether oxygens (including phenoxy) is 1. The number of aromatic nitrogens is 1. The van der Waals surface area contributed by atoms with Crippen molar-refractivity contribution < 1.29 is 4.74 Å². The number of benzene rings is 2. The highest BCUT2D eigenvalue weighted by Gasteiger charge is 2.07. The van der Waals surface area contributed by atoms with Crippen LogP contribution in [0.3, 0.4) is 0 Å². The number of nitrogen functional groups attached to an aromatic ring is 1. The monoisotopic (exact) mass is 265 g/mol. The van der Waals surface area contributed by atoms with Gasteiger partial charge in [-0.2, -0.15) is 0 Å². The van der Waals surface area contributed by atoms with Gasteiger partial charge in [-0.3, -0.25) is 4.98 Å². The largest absolute Gasteiger partial charge is 0.495 e. The highest BCUT2D eigenvalue weighted by Crippen LogP contribution is 2.32. The summed E-state index contributed by atoms with van der Waals surface area (Å²) < 4.78 is 5.35. The van der Waals surface area contributed by atoms with Crippen LogP contribution in [0.1, 0.15) is 0 Å². The van der Waals surface area contributed by atoms with Crippen molar-refractivity contribution in [3.05, 3.63) is 54.7 Å². The lowest BCUT2D eigenvalue weighted by Crippen LogP contribution is -1.97. The van der Waals surface area contributed by atoms with E-state index >= 15 is 0 Å². The van der Waals surface area contributed by atoms with E-state index in [1.807, 2.05) is 48.5 Å². The van der Waals surface area contributed by atoms with Crippen LogP contribution in [0.4, 0.5) is 17.1 Å². The molecule has 0 amide bonds. The van der Waals surface area contributed by atoms with Crippen molar-refractivity contribution in [2.75, 3.05) is 18.2 Å². The van der Waals surface area contributed by atoms with Crippen molar-refractivity contribution in [3.8, 4) is 5.75 Å². The predicted molar refractivity (Wildman–Crippen MR) is 82.4 cm³/mol. The first-order valence-corrected chi connectivity index (χ1v) is 6.33. The first kappa shape index (κ1) is 12.3. The fourth-order valence-corrected chi connectivity index (χ4v) is 2.20. The van der Waals surface area contributed by atoms with E-state index in [0.29, 0.717) is 5.69 Å². The van der Waals surface area contributed by atoms with Crippen LogP contribution in [0, 0.1) is 0 Å². The number of pyridine rings is 1. The smallest absolute Gasteiger partial charge is 0.142 e. The van der Waals surface area contributed by atoms with Gasteiger partial charge in [0.1, 0.15) is 5.75 Å². The van der Waals surface area contributed by atoms with Gasteiger partial charge in [0, 0.05) is 17.3 Å². The summed E-state index contributed by atoms with van der Waals surface area (Å²) in [7, 11) is 1.66. The molecular formula is C16H15N3O. The van der Waals surface area contributed by atoms with E-state index in [1.165, 1.54) is 0 Å². The second-order valence-electron chi connectivity index (χ2n) is 4.43. The highest BCUT2D eigenvalue weighted by molar-refractivity contribution is 5.99. The molecule has 0 unspecified atom stereocenters. The Labute approximate surface area is 117 Å². The molecule has 0 atom stereocenters. The van der Waals surface area contributed by atoms with Crippen molar-refractivity contribution in [2.45, 2.75) is 0 Å². The highest BCUT2D eigenvalue weighted by atomic mass is 16.5. The Morgan fingerprint density at radius 2 is 1.85 bits per heavy atom. The Hall–Kier alpha value is -2.75. The predicted octanol–water partition coefficient (Wildman–Crippen LogP) is 3.57. The second kappa shape index (κ2) is 5.09. The SMILES string of the molecule is COc1ccccc1Nc1ccc(N)c2ncccc12. The van der Waals surface area contributed by atoms with Gasteiger partial charge in [0.2, 0.25) is 0 Å². The van der Waals surface area contributed by atoms with Crippen molar-refractivity contribution in [3.63, 3.8) is 0 Å². The molecule has 0 radical (unpaired) electrons. The fraction of sp³-hybridized carbons (Fsp3) is 0.0625. The number of nitrogens with two attached hydrogens (primary N) is 1. The van der Waals surface area contributed by atoms with Crippen LogP contribution < -0.4 is 15.8 Å². The Balaban J connectivity index is 2.09. The molecule has 100 valence electrons. The first-order valence-electron chi connectivity index (χ1n) is 6.33. The lowest BCUT2D eigenvalue weighted by Gasteiger charge is -2.13. The molecule has 0 spiro atoms. The Morgan fingerprint density at radius 3 is 2.70 bits per heavy atom. The minimum atomic E-state index is 0.672. The van der Waals surface area contributed by atoms with E-state index in [-0.39, 0.29) is 0 Å². The zero-order valence-corrected chi connectivity index (χ0v) is 11.1. The summed E-state index contributed by atoms with van der Waals surface area (Å²) >= 11 is 0. The zero-order chi connectivity index (χ0) is 13.9. The van der Waals surface area contributed by atoms with Crippen molar-refractivity contribution in [1.82, 2.24) is 4.98 Å². The molecule has 3 rings (SSSR count). The summed E-state index contributed by atoms with van der Waals surface area (Å²) in [4.78, 5) is 4.33. The normalized spacial score (nSPS) is 10.4. The summed E-state index contributed by atoms with van der Waals surface area (Å²) in [6, 6.07) is 15.5. The molecule has 4 heteroatoms. The van der Waals surface area contributed by atoms with Crippen LogP contribution in [-0.2, 0) is 0 Å². The molecule has 0 aliphatic carbocycles. The van der Waals surface area contributed by atoms with Gasteiger partial charge in [-0.05, 0) is 36.4 Å². The second-order valence-corrected chi connectivity index (χ2v) is 4.43. The Bertz CT molecular complexity index is 756. The maximum Gasteiger partial charge on any atom is 0.142 e.